The Hall–Kier alpha value is -2.40. The standard InChI is InChI=1S/C22H23NO3S/c1-13-17(12-20(24)25)18(11-14-6-5-7-15(10-14)26-2)21-16-8-3-4-9-19(16)27-22(21)23-13/h5-7,10H,3-4,8-9,11-12H2,1-2H3,(H,24,25). The molecule has 0 amide bonds. The van der Waals surface area contributed by atoms with E-state index in [9.17, 15) is 9.90 Å². The van der Waals surface area contributed by atoms with Crippen LogP contribution in [0.5, 0.6) is 5.75 Å². The second-order valence-corrected chi connectivity index (χ2v) is 8.23. The van der Waals surface area contributed by atoms with Crippen LogP contribution in [0.2, 0.25) is 0 Å². The number of carbonyl (C=O) groups is 1. The van der Waals surface area contributed by atoms with Gasteiger partial charge in [0.05, 0.1) is 13.5 Å². The van der Waals surface area contributed by atoms with Crippen LogP contribution in [0.15, 0.2) is 24.3 Å². The highest BCUT2D eigenvalue weighted by atomic mass is 32.1. The highest BCUT2D eigenvalue weighted by molar-refractivity contribution is 7.18. The molecule has 1 aliphatic rings. The Morgan fingerprint density at radius 1 is 1.26 bits per heavy atom. The van der Waals surface area contributed by atoms with Gasteiger partial charge in [0.2, 0.25) is 0 Å². The minimum atomic E-state index is -0.810. The Kier molecular flexibility index (Phi) is 4.87. The summed E-state index contributed by atoms with van der Waals surface area (Å²) >= 11 is 1.79. The van der Waals surface area contributed by atoms with Gasteiger partial charge in [-0.3, -0.25) is 4.79 Å². The van der Waals surface area contributed by atoms with Gasteiger partial charge in [-0.1, -0.05) is 12.1 Å². The van der Waals surface area contributed by atoms with Crippen LogP contribution < -0.4 is 4.74 Å². The summed E-state index contributed by atoms with van der Waals surface area (Å²) in [5.74, 6) is 0.0110. The van der Waals surface area contributed by atoms with Crippen LogP contribution in [-0.4, -0.2) is 23.2 Å². The van der Waals surface area contributed by atoms with Crippen molar-refractivity contribution in [2.24, 2.45) is 0 Å². The van der Waals surface area contributed by atoms with E-state index < -0.39 is 5.97 Å². The molecule has 2 heterocycles. The van der Waals surface area contributed by atoms with Crippen molar-refractivity contribution in [3.8, 4) is 5.75 Å². The van der Waals surface area contributed by atoms with E-state index in [4.69, 9.17) is 9.72 Å². The number of aryl methyl sites for hydroxylation is 3. The number of pyridine rings is 1. The molecule has 0 radical (unpaired) electrons. The van der Waals surface area contributed by atoms with Crippen molar-refractivity contribution in [3.05, 3.63) is 57.1 Å². The highest BCUT2D eigenvalue weighted by Crippen LogP contribution is 2.40. The number of carboxylic acid groups (broad SMARTS) is 1. The van der Waals surface area contributed by atoms with Gasteiger partial charge in [0.1, 0.15) is 10.6 Å². The number of rotatable bonds is 5. The Morgan fingerprint density at radius 3 is 2.85 bits per heavy atom. The lowest BCUT2D eigenvalue weighted by Crippen LogP contribution is -2.09. The van der Waals surface area contributed by atoms with Crippen molar-refractivity contribution >= 4 is 27.5 Å². The summed E-state index contributed by atoms with van der Waals surface area (Å²) in [6, 6.07) is 8.03. The van der Waals surface area contributed by atoms with Gasteiger partial charge < -0.3 is 9.84 Å². The molecule has 0 saturated carbocycles. The average Bonchev–Trinajstić information content (AvgIpc) is 3.02. The average molecular weight is 381 g/mol. The second-order valence-electron chi connectivity index (χ2n) is 7.14. The van der Waals surface area contributed by atoms with Crippen molar-refractivity contribution in [2.75, 3.05) is 7.11 Å². The summed E-state index contributed by atoms with van der Waals surface area (Å²) in [7, 11) is 1.67. The van der Waals surface area contributed by atoms with Crippen LogP contribution in [0.25, 0.3) is 10.2 Å². The third-order valence-corrected chi connectivity index (χ3v) is 6.55. The molecule has 1 aliphatic carbocycles. The first-order valence-electron chi connectivity index (χ1n) is 9.34. The number of methoxy groups -OCH3 is 1. The molecule has 0 bridgehead atoms. The Bertz CT molecular complexity index is 1020. The van der Waals surface area contributed by atoms with E-state index in [2.05, 4.69) is 6.07 Å². The zero-order valence-electron chi connectivity index (χ0n) is 15.7. The van der Waals surface area contributed by atoms with Gasteiger partial charge in [-0.25, -0.2) is 4.98 Å². The van der Waals surface area contributed by atoms with Crippen molar-refractivity contribution < 1.29 is 14.6 Å². The van der Waals surface area contributed by atoms with Gasteiger partial charge in [-0.15, -0.1) is 11.3 Å². The van der Waals surface area contributed by atoms with Crippen LogP contribution in [0.4, 0.5) is 0 Å². The topological polar surface area (TPSA) is 59.4 Å². The molecule has 140 valence electrons. The van der Waals surface area contributed by atoms with Crippen LogP contribution in [-0.2, 0) is 30.5 Å². The van der Waals surface area contributed by atoms with E-state index in [1.165, 1.54) is 28.7 Å². The summed E-state index contributed by atoms with van der Waals surface area (Å²) in [6.45, 7) is 1.94. The van der Waals surface area contributed by atoms with Crippen molar-refractivity contribution in [1.82, 2.24) is 4.98 Å². The van der Waals surface area contributed by atoms with Gasteiger partial charge in [-0.2, -0.15) is 0 Å². The quantitative estimate of drug-likeness (QED) is 0.695. The third kappa shape index (κ3) is 3.44. The van der Waals surface area contributed by atoms with Crippen LogP contribution in [0.3, 0.4) is 0 Å². The summed E-state index contributed by atoms with van der Waals surface area (Å²) in [4.78, 5) is 18.8. The number of benzene rings is 1. The van der Waals surface area contributed by atoms with Gasteiger partial charge in [0, 0.05) is 16.0 Å². The number of nitrogens with zero attached hydrogens (tertiary/aromatic N) is 1. The van der Waals surface area contributed by atoms with Crippen molar-refractivity contribution in [3.63, 3.8) is 0 Å². The van der Waals surface area contributed by atoms with Gasteiger partial charge in [0.15, 0.2) is 0 Å². The smallest absolute Gasteiger partial charge is 0.307 e. The summed E-state index contributed by atoms with van der Waals surface area (Å²) in [5.41, 5.74) is 5.36. The maximum Gasteiger partial charge on any atom is 0.307 e. The van der Waals surface area contributed by atoms with Gasteiger partial charge >= 0.3 is 5.97 Å². The molecule has 1 aromatic carbocycles. The number of aliphatic carboxylic acids is 1. The third-order valence-electron chi connectivity index (χ3n) is 5.37. The largest absolute Gasteiger partial charge is 0.497 e. The lowest BCUT2D eigenvalue weighted by molar-refractivity contribution is -0.136. The maximum atomic E-state index is 11.5. The predicted molar refractivity (Wildman–Crippen MR) is 108 cm³/mol. The molecule has 27 heavy (non-hydrogen) atoms. The van der Waals surface area contributed by atoms with Crippen molar-refractivity contribution in [2.45, 2.75) is 45.4 Å². The van der Waals surface area contributed by atoms with Crippen LogP contribution in [0, 0.1) is 6.92 Å². The van der Waals surface area contributed by atoms with E-state index in [1.54, 1.807) is 18.4 Å². The maximum absolute atomic E-state index is 11.5. The first kappa shape index (κ1) is 18.0. The van der Waals surface area contributed by atoms with Crippen molar-refractivity contribution in [1.29, 1.82) is 0 Å². The molecule has 1 N–H and O–H groups in total. The molecular weight excluding hydrogens is 358 g/mol. The number of aromatic nitrogens is 1. The summed E-state index contributed by atoms with van der Waals surface area (Å²) < 4.78 is 5.37. The monoisotopic (exact) mass is 381 g/mol. The Balaban J connectivity index is 1.93. The highest BCUT2D eigenvalue weighted by Gasteiger charge is 2.23. The minimum Gasteiger partial charge on any atom is -0.497 e. The first-order chi connectivity index (χ1) is 13.1. The normalized spacial score (nSPS) is 13.6. The second kappa shape index (κ2) is 7.31. The van der Waals surface area contributed by atoms with E-state index in [-0.39, 0.29) is 6.42 Å². The van der Waals surface area contributed by atoms with Gasteiger partial charge in [0.25, 0.3) is 0 Å². The fraction of sp³-hybridized carbons (Fsp3) is 0.364. The molecule has 0 atom stereocenters. The van der Waals surface area contributed by atoms with E-state index in [0.29, 0.717) is 6.42 Å². The lowest BCUT2D eigenvalue weighted by atomic mass is 9.89. The molecule has 5 heteroatoms. The molecule has 0 aliphatic heterocycles. The molecule has 4 rings (SSSR count). The zero-order valence-corrected chi connectivity index (χ0v) is 16.5. The molecule has 2 aromatic heterocycles. The fourth-order valence-electron chi connectivity index (χ4n) is 4.10. The number of fused-ring (bicyclic) bond motifs is 3. The lowest BCUT2D eigenvalue weighted by Gasteiger charge is -2.16. The van der Waals surface area contributed by atoms with Gasteiger partial charge in [-0.05, 0) is 73.4 Å². The number of hydrogen-bond acceptors (Lipinski definition) is 4. The summed E-state index contributed by atoms with van der Waals surface area (Å²) in [6.07, 6.45) is 5.31. The number of thiophene rings is 1. The first-order valence-corrected chi connectivity index (χ1v) is 10.2. The molecule has 0 spiro atoms. The molecule has 0 fully saturated rings. The fourth-order valence-corrected chi connectivity index (χ4v) is 5.44. The number of ether oxygens (including phenoxy) is 1. The predicted octanol–water partition coefficient (Wildman–Crippen LogP) is 4.71. The SMILES string of the molecule is COc1cccc(Cc2c(CC(=O)O)c(C)nc3sc4c(c23)CCCC4)c1. The molecule has 3 aromatic rings. The number of carboxylic acids is 1. The minimum absolute atomic E-state index is 0.0126. The van der Waals surface area contributed by atoms with E-state index in [1.807, 2.05) is 25.1 Å². The van der Waals surface area contributed by atoms with Crippen LogP contribution >= 0.6 is 11.3 Å². The molecule has 0 unspecified atom stereocenters. The molecule has 0 saturated heterocycles. The molecular formula is C22H23NO3S. The summed E-state index contributed by atoms with van der Waals surface area (Å²) in [5, 5.41) is 10.7. The zero-order chi connectivity index (χ0) is 19.0. The molecule has 4 nitrogen and oxygen atoms in total. The van der Waals surface area contributed by atoms with E-state index in [0.717, 1.165) is 45.8 Å². The van der Waals surface area contributed by atoms with Crippen LogP contribution in [0.1, 0.15) is 45.7 Å². The Morgan fingerprint density at radius 2 is 2.07 bits per heavy atom. The van der Waals surface area contributed by atoms with E-state index >= 15 is 0 Å². The number of hydrogen-bond donors (Lipinski definition) is 1. The Labute approximate surface area is 162 Å².